The Labute approximate surface area is 106 Å². The fraction of sp³-hybridized carbons (Fsp3) is 0.286. The Balaban J connectivity index is 2.05. The van der Waals surface area contributed by atoms with Crippen LogP contribution in [0.15, 0.2) is 34.9 Å². The highest BCUT2D eigenvalue weighted by atomic mass is 19.1. The molecular weight excluding hydrogens is 231 g/mol. The van der Waals surface area contributed by atoms with Crippen LogP contribution in [0.4, 0.5) is 10.1 Å². The van der Waals surface area contributed by atoms with E-state index in [0.717, 1.165) is 17.9 Å². The van der Waals surface area contributed by atoms with E-state index in [2.05, 4.69) is 0 Å². The van der Waals surface area contributed by atoms with E-state index in [9.17, 15) is 4.39 Å². The summed E-state index contributed by atoms with van der Waals surface area (Å²) in [6.07, 6.45) is 1.67. The zero-order valence-corrected chi connectivity index (χ0v) is 10.6. The molecule has 0 unspecified atom stereocenters. The SMILES string of the molecule is Cc1occc1CN(C)Cc1cccc(N)c1F. The summed E-state index contributed by atoms with van der Waals surface area (Å²) in [5.74, 6) is 0.572. The minimum Gasteiger partial charge on any atom is -0.469 e. The van der Waals surface area contributed by atoms with Crippen molar-refractivity contribution in [2.75, 3.05) is 12.8 Å². The van der Waals surface area contributed by atoms with Gasteiger partial charge in [-0.3, -0.25) is 4.90 Å². The Kier molecular flexibility index (Phi) is 3.67. The average molecular weight is 248 g/mol. The molecule has 0 aliphatic heterocycles. The number of nitrogen functional groups attached to an aromatic ring is 1. The van der Waals surface area contributed by atoms with Crippen molar-refractivity contribution in [2.24, 2.45) is 0 Å². The van der Waals surface area contributed by atoms with Gasteiger partial charge < -0.3 is 10.2 Å². The molecule has 0 amide bonds. The van der Waals surface area contributed by atoms with E-state index in [1.165, 1.54) is 0 Å². The lowest BCUT2D eigenvalue weighted by molar-refractivity contribution is 0.311. The first-order valence-corrected chi connectivity index (χ1v) is 5.82. The molecule has 0 bridgehead atoms. The molecule has 1 aromatic heterocycles. The van der Waals surface area contributed by atoms with Crippen LogP contribution in [0.2, 0.25) is 0 Å². The van der Waals surface area contributed by atoms with Crippen molar-refractivity contribution >= 4 is 5.69 Å². The summed E-state index contributed by atoms with van der Waals surface area (Å²) in [5, 5.41) is 0. The summed E-state index contributed by atoms with van der Waals surface area (Å²) in [5.41, 5.74) is 7.47. The fourth-order valence-corrected chi connectivity index (χ4v) is 1.93. The largest absolute Gasteiger partial charge is 0.469 e. The third-order valence-corrected chi connectivity index (χ3v) is 2.96. The lowest BCUT2D eigenvalue weighted by Crippen LogP contribution is -2.18. The second-order valence-corrected chi connectivity index (χ2v) is 4.49. The molecule has 3 nitrogen and oxygen atoms in total. The Hall–Kier alpha value is -1.81. The quantitative estimate of drug-likeness (QED) is 0.846. The lowest BCUT2D eigenvalue weighted by Gasteiger charge is -2.17. The summed E-state index contributed by atoms with van der Waals surface area (Å²) in [4.78, 5) is 2.02. The van der Waals surface area contributed by atoms with Crippen molar-refractivity contribution < 1.29 is 8.81 Å². The van der Waals surface area contributed by atoms with Gasteiger partial charge in [-0.15, -0.1) is 0 Å². The van der Waals surface area contributed by atoms with Crippen LogP contribution < -0.4 is 5.73 Å². The Morgan fingerprint density at radius 2 is 1.94 bits per heavy atom. The van der Waals surface area contributed by atoms with Crippen molar-refractivity contribution in [1.29, 1.82) is 0 Å². The minimum absolute atomic E-state index is 0.195. The van der Waals surface area contributed by atoms with Gasteiger partial charge in [0.1, 0.15) is 5.76 Å². The molecule has 0 fully saturated rings. The summed E-state index contributed by atoms with van der Waals surface area (Å²) in [7, 11) is 1.94. The normalized spacial score (nSPS) is 11.1. The maximum atomic E-state index is 13.7. The van der Waals surface area contributed by atoms with E-state index < -0.39 is 0 Å². The number of nitrogens with zero attached hydrogens (tertiary/aromatic N) is 1. The number of halogens is 1. The van der Waals surface area contributed by atoms with Crippen LogP contribution in [0, 0.1) is 12.7 Å². The molecule has 96 valence electrons. The standard InChI is InChI=1S/C14H17FN2O/c1-10-11(6-7-18-10)8-17(2)9-12-4-3-5-13(16)14(12)15/h3-7H,8-9,16H2,1-2H3. The van der Waals surface area contributed by atoms with Crippen molar-refractivity contribution in [3.8, 4) is 0 Å². The number of anilines is 1. The van der Waals surface area contributed by atoms with Gasteiger partial charge in [0.2, 0.25) is 0 Å². The predicted molar refractivity (Wildman–Crippen MR) is 69.4 cm³/mol. The zero-order valence-electron chi connectivity index (χ0n) is 10.6. The number of hydrogen-bond donors (Lipinski definition) is 1. The zero-order chi connectivity index (χ0) is 13.1. The van der Waals surface area contributed by atoms with Crippen molar-refractivity contribution in [2.45, 2.75) is 20.0 Å². The van der Waals surface area contributed by atoms with E-state index in [0.29, 0.717) is 12.1 Å². The van der Waals surface area contributed by atoms with Crippen molar-refractivity contribution in [3.05, 3.63) is 53.2 Å². The van der Waals surface area contributed by atoms with Crippen LogP contribution in [-0.4, -0.2) is 11.9 Å². The van der Waals surface area contributed by atoms with Crippen LogP contribution in [0.5, 0.6) is 0 Å². The molecule has 2 rings (SSSR count). The molecule has 1 aromatic carbocycles. The maximum Gasteiger partial charge on any atom is 0.150 e. The first-order valence-electron chi connectivity index (χ1n) is 5.82. The second-order valence-electron chi connectivity index (χ2n) is 4.49. The first-order chi connectivity index (χ1) is 8.58. The highest BCUT2D eigenvalue weighted by Gasteiger charge is 2.10. The van der Waals surface area contributed by atoms with Crippen LogP contribution in [0.25, 0.3) is 0 Å². The molecule has 0 aliphatic carbocycles. The van der Waals surface area contributed by atoms with Gasteiger partial charge in [0, 0.05) is 24.2 Å². The third-order valence-electron chi connectivity index (χ3n) is 2.96. The molecule has 0 saturated heterocycles. The highest BCUT2D eigenvalue weighted by molar-refractivity contribution is 5.42. The van der Waals surface area contributed by atoms with Gasteiger partial charge in [0.15, 0.2) is 5.82 Å². The van der Waals surface area contributed by atoms with Gasteiger partial charge in [-0.1, -0.05) is 12.1 Å². The molecule has 4 heteroatoms. The second kappa shape index (κ2) is 5.23. The van der Waals surface area contributed by atoms with Crippen LogP contribution in [0.1, 0.15) is 16.9 Å². The van der Waals surface area contributed by atoms with Crippen molar-refractivity contribution in [3.63, 3.8) is 0 Å². The number of furan rings is 1. The number of rotatable bonds is 4. The summed E-state index contributed by atoms with van der Waals surface area (Å²) < 4.78 is 19.0. The number of aryl methyl sites for hydroxylation is 1. The number of hydrogen-bond acceptors (Lipinski definition) is 3. The Bertz CT molecular complexity index is 536. The molecule has 2 aromatic rings. The summed E-state index contributed by atoms with van der Waals surface area (Å²) in [6.45, 7) is 3.16. The third kappa shape index (κ3) is 2.71. The molecule has 0 aliphatic rings. The number of benzene rings is 1. The molecule has 0 radical (unpaired) electrons. The summed E-state index contributed by atoms with van der Waals surface area (Å²) in [6, 6.07) is 7.02. The molecule has 0 saturated carbocycles. The van der Waals surface area contributed by atoms with Gasteiger partial charge >= 0.3 is 0 Å². The fourth-order valence-electron chi connectivity index (χ4n) is 1.93. The predicted octanol–water partition coefficient (Wildman–Crippen LogP) is 2.94. The average Bonchev–Trinajstić information content (AvgIpc) is 2.71. The monoisotopic (exact) mass is 248 g/mol. The molecule has 2 N–H and O–H groups in total. The molecule has 1 heterocycles. The molecule has 0 spiro atoms. The minimum atomic E-state index is -0.326. The van der Waals surface area contributed by atoms with E-state index >= 15 is 0 Å². The van der Waals surface area contributed by atoms with Gasteiger partial charge in [-0.2, -0.15) is 0 Å². The van der Waals surface area contributed by atoms with Crippen LogP contribution in [0.3, 0.4) is 0 Å². The van der Waals surface area contributed by atoms with Crippen LogP contribution in [-0.2, 0) is 13.1 Å². The van der Waals surface area contributed by atoms with Gasteiger partial charge in [-0.05, 0) is 26.1 Å². The molecule has 18 heavy (non-hydrogen) atoms. The summed E-state index contributed by atoms with van der Waals surface area (Å²) >= 11 is 0. The van der Waals surface area contributed by atoms with E-state index in [-0.39, 0.29) is 11.5 Å². The van der Waals surface area contributed by atoms with E-state index in [1.807, 2.05) is 24.9 Å². The van der Waals surface area contributed by atoms with Crippen LogP contribution >= 0.6 is 0 Å². The molecule has 0 atom stereocenters. The first kappa shape index (κ1) is 12.6. The van der Waals surface area contributed by atoms with E-state index in [1.54, 1.807) is 24.5 Å². The topological polar surface area (TPSA) is 42.4 Å². The van der Waals surface area contributed by atoms with Gasteiger partial charge in [-0.25, -0.2) is 4.39 Å². The smallest absolute Gasteiger partial charge is 0.150 e. The van der Waals surface area contributed by atoms with Crippen molar-refractivity contribution in [1.82, 2.24) is 4.90 Å². The molecular formula is C14H17FN2O. The lowest BCUT2D eigenvalue weighted by atomic mass is 10.1. The Morgan fingerprint density at radius 3 is 2.61 bits per heavy atom. The van der Waals surface area contributed by atoms with Gasteiger partial charge in [0.05, 0.1) is 12.0 Å². The highest BCUT2D eigenvalue weighted by Crippen LogP contribution is 2.18. The van der Waals surface area contributed by atoms with Gasteiger partial charge in [0.25, 0.3) is 0 Å². The number of nitrogens with two attached hydrogens (primary N) is 1. The maximum absolute atomic E-state index is 13.7. The van der Waals surface area contributed by atoms with E-state index in [4.69, 9.17) is 10.2 Å². The Morgan fingerprint density at radius 1 is 1.22 bits per heavy atom.